The van der Waals surface area contributed by atoms with Crippen molar-refractivity contribution < 1.29 is 0 Å². The molecule has 0 radical (unpaired) electrons. The minimum Gasteiger partial charge on any atom is -0.343 e. The van der Waals surface area contributed by atoms with Crippen LogP contribution >= 0.6 is 22.7 Å². The summed E-state index contributed by atoms with van der Waals surface area (Å²) in [5.74, 6) is 0.699. The molecular formula is C19H17N5S2. The molecule has 0 aliphatic rings. The molecule has 0 atom stereocenters. The maximum atomic E-state index is 4.83. The molecule has 5 nitrogen and oxygen atoms in total. The van der Waals surface area contributed by atoms with E-state index in [0.717, 1.165) is 40.5 Å². The first-order valence-corrected chi connectivity index (χ1v) is 10.0. The van der Waals surface area contributed by atoms with E-state index in [4.69, 9.17) is 4.98 Å². The molecule has 4 aromatic heterocycles. The van der Waals surface area contributed by atoms with Crippen molar-refractivity contribution in [2.24, 2.45) is 0 Å². The van der Waals surface area contributed by atoms with Crippen molar-refractivity contribution in [2.75, 3.05) is 18.5 Å². The fourth-order valence-electron chi connectivity index (χ4n) is 2.62. The summed E-state index contributed by atoms with van der Waals surface area (Å²) in [5.41, 5.74) is 4.09. The number of thiophene rings is 1. The Hall–Kier alpha value is -2.64. The minimum atomic E-state index is 0.699. The fraction of sp³-hybridized carbons (Fsp3) is 0.158. The van der Waals surface area contributed by atoms with E-state index in [1.807, 2.05) is 49.2 Å². The van der Waals surface area contributed by atoms with E-state index in [2.05, 4.69) is 36.7 Å². The summed E-state index contributed by atoms with van der Waals surface area (Å²) in [7, 11) is 2.01. The average Bonchev–Trinajstić information content (AvgIpc) is 3.40. The molecular weight excluding hydrogens is 362 g/mol. The first-order valence-electron chi connectivity index (χ1n) is 8.22. The zero-order valence-corrected chi connectivity index (χ0v) is 15.9. The summed E-state index contributed by atoms with van der Waals surface area (Å²) in [6.07, 6.45) is 6.38. The van der Waals surface area contributed by atoms with Crippen LogP contribution in [0.5, 0.6) is 0 Å². The Bertz CT molecular complexity index is 953. The molecule has 0 bridgehead atoms. The molecule has 0 fully saturated rings. The molecule has 0 aliphatic carbocycles. The Balaban J connectivity index is 1.62. The van der Waals surface area contributed by atoms with Crippen LogP contribution in [-0.2, 0) is 6.42 Å². The van der Waals surface area contributed by atoms with Crippen LogP contribution in [0.25, 0.3) is 21.8 Å². The van der Waals surface area contributed by atoms with Crippen molar-refractivity contribution in [3.05, 3.63) is 64.7 Å². The maximum Gasteiger partial charge on any atom is 0.225 e. The van der Waals surface area contributed by atoms with E-state index in [-0.39, 0.29) is 0 Å². The van der Waals surface area contributed by atoms with Gasteiger partial charge in [-0.05, 0) is 34.5 Å². The first kappa shape index (κ1) is 16.8. The highest BCUT2D eigenvalue weighted by molar-refractivity contribution is 7.13. The molecule has 4 rings (SSSR count). The van der Waals surface area contributed by atoms with Gasteiger partial charge >= 0.3 is 0 Å². The number of aromatic nitrogens is 4. The van der Waals surface area contributed by atoms with Crippen molar-refractivity contribution in [2.45, 2.75) is 6.42 Å². The Morgan fingerprint density at radius 2 is 2.00 bits per heavy atom. The number of nitrogens with zero attached hydrogens (tertiary/aromatic N) is 5. The summed E-state index contributed by atoms with van der Waals surface area (Å²) in [6.45, 7) is 0.798. The Kier molecular flexibility index (Phi) is 4.99. The van der Waals surface area contributed by atoms with E-state index in [1.54, 1.807) is 22.7 Å². The predicted molar refractivity (Wildman–Crippen MR) is 108 cm³/mol. The lowest BCUT2D eigenvalue weighted by molar-refractivity contribution is 0.822. The summed E-state index contributed by atoms with van der Waals surface area (Å²) < 4.78 is 0. The van der Waals surface area contributed by atoms with E-state index in [0.29, 0.717) is 5.95 Å². The summed E-state index contributed by atoms with van der Waals surface area (Å²) in [6, 6.07) is 8.06. The van der Waals surface area contributed by atoms with Crippen molar-refractivity contribution in [3.63, 3.8) is 0 Å². The molecule has 26 heavy (non-hydrogen) atoms. The van der Waals surface area contributed by atoms with Crippen LogP contribution in [0.4, 0.5) is 5.95 Å². The summed E-state index contributed by atoms with van der Waals surface area (Å²) in [4.78, 5) is 20.3. The van der Waals surface area contributed by atoms with Gasteiger partial charge in [0.25, 0.3) is 0 Å². The number of rotatable bonds is 6. The average molecular weight is 380 g/mol. The van der Waals surface area contributed by atoms with Crippen LogP contribution in [0, 0.1) is 0 Å². The maximum absolute atomic E-state index is 4.83. The quantitative estimate of drug-likeness (QED) is 0.497. The molecule has 130 valence electrons. The number of hydrogen-bond donors (Lipinski definition) is 0. The fourth-order valence-corrected chi connectivity index (χ4v) is 3.91. The molecule has 4 heterocycles. The van der Waals surface area contributed by atoms with E-state index < -0.39 is 0 Å². The minimum absolute atomic E-state index is 0.699. The normalized spacial score (nSPS) is 10.8. The van der Waals surface area contributed by atoms with Gasteiger partial charge in [-0.3, -0.25) is 4.98 Å². The standard InChI is InChI=1S/C19H17N5S2/c1-24(9-5-15-4-2-3-7-20-15)19-22-12-16(14-6-10-25-13-14)17(23-19)18-21-8-11-26-18/h2-4,6-8,10-13H,5,9H2,1H3. The lowest BCUT2D eigenvalue weighted by Gasteiger charge is -2.18. The van der Waals surface area contributed by atoms with Crippen LogP contribution < -0.4 is 4.90 Å². The van der Waals surface area contributed by atoms with Gasteiger partial charge in [-0.15, -0.1) is 11.3 Å². The Morgan fingerprint density at radius 3 is 2.73 bits per heavy atom. The largest absolute Gasteiger partial charge is 0.343 e. The molecule has 0 saturated carbocycles. The van der Waals surface area contributed by atoms with E-state index in [1.165, 1.54) is 0 Å². The second-order valence-electron chi connectivity index (χ2n) is 5.77. The number of pyridine rings is 1. The summed E-state index contributed by atoms with van der Waals surface area (Å²) >= 11 is 3.26. The van der Waals surface area contributed by atoms with Gasteiger partial charge in [-0.25, -0.2) is 15.0 Å². The third-order valence-corrected chi connectivity index (χ3v) is 5.48. The van der Waals surface area contributed by atoms with Gasteiger partial charge in [0.15, 0.2) is 0 Å². The highest BCUT2D eigenvalue weighted by Crippen LogP contribution is 2.33. The van der Waals surface area contributed by atoms with Crippen molar-refractivity contribution in [1.82, 2.24) is 19.9 Å². The molecule has 0 saturated heterocycles. The Labute approximate surface area is 160 Å². The second-order valence-corrected chi connectivity index (χ2v) is 7.45. The number of anilines is 1. The van der Waals surface area contributed by atoms with Gasteiger partial charge in [0.05, 0.1) is 0 Å². The zero-order chi connectivity index (χ0) is 17.8. The van der Waals surface area contributed by atoms with Gasteiger partial charge in [-0.2, -0.15) is 11.3 Å². The lowest BCUT2D eigenvalue weighted by atomic mass is 10.1. The predicted octanol–water partition coefficient (Wildman–Crippen LogP) is 4.40. The van der Waals surface area contributed by atoms with E-state index >= 15 is 0 Å². The molecule has 0 spiro atoms. The van der Waals surface area contributed by atoms with Crippen molar-refractivity contribution in [1.29, 1.82) is 0 Å². The van der Waals surface area contributed by atoms with Crippen LogP contribution in [-0.4, -0.2) is 33.5 Å². The van der Waals surface area contributed by atoms with Crippen LogP contribution in [0.2, 0.25) is 0 Å². The second kappa shape index (κ2) is 7.72. The molecule has 4 aromatic rings. The van der Waals surface area contributed by atoms with Crippen molar-refractivity contribution in [3.8, 4) is 21.8 Å². The molecule has 7 heteroatoms. The smallest absolute Gasteiger partial charge is 0.225 e. The summed E-state index contributed by atoms with van der Waals surface area (Å²) in [5, 5.41) is 7.06. The van der Waals surface area contributed by atoms with Gasteiger partial charge in [0.2, 0.25) is 5.95 Å². The van der Waals surface area contributed by atoms with Gasteiger partial charge in [-0.1, -0.05) is 6.07 Å². The first-order chi connectivity index (χ1) is 12.8. The number of likely N-dealkylation sites (N-methyl/N-ethyl adjacent to an activating group) is 1. The SMILES string of the molecule is CN(CCc1ccccn1)c1ncc(-c2ccsc2)c(-c2nccs2)n1. The van der Waals surface area contributed by atoms with Gasteiger partial charge in [0, 0.05) is 55.2 Å². The topological polar surface area (TPSA) is 54.8 Å². The monoisotopic (exact) mass is 379 g/mol. The van der Waals surface area contributed by atoms with Crippen molar-refractivity contribution >= 4 is 28.6 Å². The van der Waals surface area contributed by atoms with Crippen LogP contribution in [0.1, 0.15) is 5.69 Å². The van der Waals surface area contributed by atoms with E-state index in [9.17, 15) is 0 Å². The molecule has 0 amide bonds. The molecule has 0 aromatic carbocycles. The number of hydrogen-bond acceptors (Lipinski definition) is 7. The molecule has 0 aliphatic heterocycles. The molecule has 0 N–H and O–H groups in total. The third-order valence-electron chi connectivity index (χ3n) is 4.01. The highest BCUT2D eigenvalue weighted by atomic mass is 32.1. The van der Waals surface area contributed by atoms with Gasteiger partial charge in [0.1, 0.15) is 10.7 Å². The van der Waals surface area contributed by atoms with Gasteiger partial charge < -0.3 is 4.90 Å². The molecule has 0 unspecified atom stereocenters. The lowest BCUT2D eigenvalue weighted by Crippen LogP contribution is -2.23. The Morgan fingerprint density at radius 1 is 1.04 bits per heavy atom. The van der Waals surface area contributed by atoms with Crippen LogP contribution in [0.3, 0.4) is 0 Å². The third kappa shape index (κ3) is 3.63. The van der Waals surface area contributed by atoms with Crippen LogP contribution in [0.15, 0.2) is 59.0 Å². The zero-order valence-electron chi connectivity index (χ0n) is 14.2. The highest BCUT2D eigenvalue weighted by Gasteiger charge is 2.15. The number of thiazole rings is 1.